The molecule has 0 bridgehead atoms. The number of hydrogen-bond donors (Lipinski definition) is 0. The van der Waals surface area contributed by atoms with E-state index in [0.717, 1.165) is 10.6 Å². The van der Waals surface area contributed by atoms with E-state index in [1.165, 1.54) is 26.4 Å². The molecular weight excluding hydrogens is 396 g/mol. The number of carbonyl (C=O) groups excluding carboxylic acids is 2. The van der Waals surface area contributed by atoms with Crippen LogP contribution >= 0.6 is 0 Å². The molecule has 0 radical (unpaired) electrons. The van der Waals surface area contributed by atoms with Crippen LogP contribution in [0.2, 0.25) is 0 Å². The molecule has 29 heavy (non-hydrogen) atoms. The summed E-state index contributed by atoms with van der Waals surface area (Å²) < 4.78 is 36.5. The molecule has 8 nitrogen and oxygen atoms in total. The van der Waals surface area contributed by atoms with Crippen molar-refractivity contribution in [2.45, 2.75) is 12.8 Å². The second-order valence-electron chi connectivity index (χ2n) is 6.61. The highest BCUT2D eigenvalue weighted by Crippen LogP contribution is 2.35. The minimum absolute atomic E-state index is 0.0785. The van der Waals surface area contributed by atoms with Gasteiger partial charge in [0.2, 0.25) is 15.9 Å². The van der Waals surface area contributed by atoms with Crippen LogP contribution in [-0.4, -0.2) is 47.3 Å². The first-order valence-electron chi connectivity index (χ1n) is 8.92. The highest BCUT2D eigenvalue weighted by atomic mass is 32.2. The number of carbonyl (C=O) groups is 2. The van der Waals surface area contributed by atoms with Crippen molar-refractivity contribution in [1.29, 1.82) is 0 Å². The van der Waals surface area contributed by atoms with Crippen molar-refractivity contribution < 1.29 is 27.5 Å². The molecule has 1 amide bonds. The van der Waals surface area contributed by atoms with E-state index >= 15 is 0 Å². The normalized spacial score (nSPS) is 14.0. The van der Waals surface area contributed by atoms with Crippen LogP contribution in [0.3, 0.4) is 0 Å². The van der Waals surface area contributed by atoms with Gasteiger partial charge in [0, 0.05) is 24.7 Å². The van der Waals surface area contributed by atoms with E-state index in [2.05, 4.69) is 0 Å². The molecule has 0 aromatic heterocycles. The lowest BCUT2D eigenvalue weighted by molar-refractivity contribution is -0.117. The lowest BCUT2D eigenvalue weighted by Crippen LogP contribution is -2.27. The lowest BCUT2D eigenvalue weighted by Gasteiger charge is -2.25. The van der Waals surface area contributed by atoms with Gasteiger partial charge in [-0.2, -0.15) is 0 Å². The van der Waals surface area contributed by atoms with E-state index in [1.54, 1.807) is 35.2 Å². The molecule has 154 valence electrons. The Morgan fingerprint density at radius 3 is 2.45 bits per heavy atom. The first kappa shape index (κ1) is 20.7. The molecule has 1 saturated heterocycles. The van der Waals surface area contributed by atoms with Crippen molar-refractivity contribution >= 4 is 39.0 Å². The molecule has 0 spiro atoms. The second kappa shape index (κ2) is 8.12. The Kier molecular flexibility index (Phi) is 5.78. The smallest absolute Gasteiger partial charge is 0.337 e. The average molecular weight is 418 g/mol. The molecule has 1 heterocycles. The molecule has 1 aliphatic heterocycles. The molecule has 0 N–H and O–H groups in total. The summed E-state index contributed by atoms with van der Waals surface area (Å²) in [6, 6.07) is 11.1. The van der Waals surface area contributed by atoms with Gasteiger partial charge >= 0.3 is 5.97 Å². The van der Waals surface area contributed by atoms with E-state index in [0.29, 0.717) is 36.5 Å². The van der Waals surface area contributed by atoms with E-state index in [-0.39, 0.29) is 17.2 Å². The Morgan fingerprint density at radius 2 is 1.86 bits per heavy atom. The van der Waals surface area contributed by atoms with Crippen molar-refractivity contribution in [1.82, 2.24) is 0 Å². The third kappa shape index (κ3) is 4.34. The number of nitrogens with zero attached hydrogens (tertiary/aromatic N) is 2. The third-order valence-electron chi connectivity index (χ3n) is 4.56. The fourth-order valence-corrected chi connectivity index (χ4v) is 4.28. The maximum atomic E-state index is 12.7. The summed E-state index contributed by atoms with van der Waals surface area (Å²) in [6.45, 7) is 0.501. The van der Waals surface area contributed by atoms with Crippen LogP contribution in [0.1, 0.15) is 23.2 Å². The lowest BCUT2D eigenvalue weighted by atomic mass is 10.1. The van der Waals surface area contributed by atoms with E-state index in [4.69, 9.17) is 9.47 Å². The zero-order valence-electron chi connectivity index (χ0n) is 16.4. The van der Waals surface area contributed by atoms with Gasteiger partial charge in [0.1, 0.15) is 5.75 Å². The van der Waals surface area contributed by atoms with Gasteiger partial charge in [-0.3, -0.25) is 4.79 Å². The number of sulfonamides is 1. The van der Waals surface area contributed by atoms with Gasteiger partial charge in [0.05, 0.1) is 37.4 Å². The molecule has 0 atom stereocenters. The topological polar surface area (TPSA) is 93.2 Å². The maximum absolute atomic E-state index is 12.7. The molecule has 0 aliphatic carbocycles. The van der Waals surface area contributed by atoms with Gasteiger partial charge < -0.3 is 14.4 Å². The zero-order chi connectivity index (χ0) is 21.2. The summed E-state index contributed by atoms with van der Waals surface area (Å²) >= 11 is 0. The summed E-state index contributed by atoms with van der Waals surface area (Å²) in [5.41, 5.74) is 1.16. The van der Waals surface area contributed by atoms with Crippen LogP contribution in [-0.2, 0) is 19.6 Å². The monoisotopic (exact) mass is 418 g/mol. The number of methoxy groups -OCH3 is 2. The predicted molar refractivity (Wildman–Crippen MR) is 109 cm³/mol. The van der Waals surface area contributed by atoms with Crippen LogP contribution in [0.25, 0.3) is 0 Å². The fraction of sp³-hybridized carbons (Fsp3) is 0.300. The number of ether oxygens (including phenoxy) is 2. The van der Waals surface area contributed by atoms with Gasteiger partial charge in [-0.15, -0.1) is 0 Å². The number of anilines is 3. The summed E-state index contributed by atoms with van der Waals surface area (Å²) in [6.07, 6.45) is 2.17. The predicted octanol–water partition coefficient (Wildman–Crippen LogP) is 2.71. The number of benzene rings is 2. The van der Waals surface area contributed by atoms with Gasteiger partial charge in [-0.1, -0.05) is 6.07 Å². The van der Waals surface area contributed by atoms with Gasteiger partial charge in [-0.05, 0) is 36.8 Å². The van der Waals surface area contributed by atoms with Crippen LogP contribution in [0, 0.1) is 0 Å². The highest BCUT2D eigenvalue weighted by Gasteiger charge is 2.27. The summed E-state index contributed by atoms with van der Waals surface area (Å²) in [5, 5.41) is 0. The quantitative estimate of drug-likeness (QED) is 0.670. The minimum Gasteiger partial charge on any atom is -0.497 e. The SMILES string of the molecule is COC(=O)c1cc(N2CCCC2=O)cc(N(c2cccc(OC)c2)S(C)(=O)=O)c1. The molecule has 1 aliphatic rings. The fourth-order valence-electron chi connectivity index (χ4n) is 3.29. The number of hydrogen-bond acceptors (Lipinski definition) is 6. The van der Waals surface area contributed by atoms with Crippen molar-refractivity contribution in [2.24, 2.45) is 0 Å². The Morgan fingerprint density at radius 1 is 1.10 bits per heavy atom. The van der Waals surface area contributed by atoms with Crippen molar-refractivity contribution in [2.75, 3.05) is 36.2 Å². The van der Waals surface area contributed by atoms with Crippen LogP contribution < -0.4 is 13.9 Å². The number of rotatable bonds is 6. The standard InChI is InChI=1S/C20H22N2O6S/c1-27-18-7-4-6-15(13-18)22(29(3,25)26)17-11-14(20(24)28-2)10-16(12-17)21-9-5-8-19(21)23/h4,6-7,10-13H,5,8-9H2,1-3H3. The minimum atomic E-state index is -3.78. The van der Waals surface area contributed by atoms with Crippen molar-refractivity contribution in [3.8, 4) is 5.75 Å². The highest BCUT2D eigenvalue weighted by molar-refractivity contribution is 7.92. The van der Waals surface area contributed by atoms with Gasteiger partial charge in [0.25, 0.3) is 0 Å². The molecular formula is C20H22N2O6S. The molecule has 0 saturated carbocycles. The molecule has 9 heteroatoms. The van der Waals surface area contributed by atoms with Gasteiger partial charge in [-0.25, -0.2) is 17.5 Å². The Hall–Kier alpha value is -3.07. The molecule has 2 aromatic rings. The van der Waals surface area contributed by atoms with E-state index in [9.17, 15) is 18.0 Å². The van der Waals surface area contributed by atoms with Crippen LogP contribution in [0.5, 0.6) is 5.75 Å². The summed E-state index contributed by atoms with van der Waals surface area (Å²) in [5.74, 6) is -0.223. The molecule has 1 fully saturated rings. The van der Waals surface area contributed by atoms with E-state index < -0.39 is 16.0 Å². The average Bonchev–Trinajstić information content (AvgIpc) is 3.12. The summed E-state index contributed by atoms with van der Waals surface area (Å²) in [7, 11) is -1.05. The van der Waals surface area contributed by atoms with Crippen LogP contribution in [0.4, 0.5) is 17.1 Å². The Balaban J connectivity index is 2.21. The third-order valence-corrected chi connectivity index (χ3v) is 5.65. The summed E-state index contributed by atoms with van der Waals surface area (Å²) in [4.78, 5) is 26.0. The number of esters is 1. The first-order chi connectivity index (χ1) is 13.7. The largest absolute Gasteiger partial charge is 0.497 e. The molecule has 2 aromatic carbocycles. The first-order valence-corrected chi connectivity index (χ1v) is 10.8. The Labute approximate surface area is 169 Å². The van der Waals surface area contributed by atoms with Crippen molar-refractivity contribution in [3.05, 3.63) is 48.0 Å². The Bertz CT molecular complexity index is 1050. The second-order valence-corrected chi connectivity index (χ2v) is 8.44. The molecule has 3 rings (SSSR count). The maximum Gasteiger partial charge on any atom is 0.337 e. The number of amides is 1. The van der Waals surface area contributed by atoms with E-state index in [1.807, 2.05) is 0 Å². The van der Waals surface area contributed by atoms with Crippen molar-refractivity contribution in [3.63, 3.8) is 0 Å². The molecule has 0 unspecified atom stereocenters. The van der Waals surface area contributed by atoms with Crippen LogP contribution in [0.15, 0.2) is 42.5 Å². The zero-order valence-corrected chi connectivity index (χ0v) is 17.2. The van der Waals surface area contributed by atoms with Gasteiger partial charge in [0.15, 0.2) is 0 Å².